The second kappa shape index (κ2) is 5.85. The number of benzene rings is 1. The average Bonchev–Trinajstić information content (AvgIpc) is 2.86. The maximum absolute atomic E-state index is 12.5. The first-order chi connectivity index (χ1) is 12.1. The molecular formula is C19H17N3O3. The van der Waals surface area contributed by atoms with Gasteiger partial charge in [0.2, 0.25) is 11.8 Å². The molecule has 2 heterocycles. The molecule has 3 aliphatic rings. The van der Waals surface area contributed by atoms with Crippen molar-refractivity contribution in [3.8, 4) is 6.07 Å². The van der Waals surface area contributed by atoms with Gasteiger partial charge in [0.05, 0.1) is 29.5 Å². The van der Waals surface area contributed by atoms with Crippen molar-refractivity contribution >= 4 is 17.7 Å². The molecule has 2 saturated heterocycles. The Labute approximate surface area is 145 Å². The van der Waals surface area contributed by atoms with E-state index in [-0.39, 0.29) is 35.6 Å². The predicted octanol–water partition coefficient (Wildman–Crippen LogP) is 1.33. The summed E-state index contributed by atoms with van der Waals surface area (Å²) in [5.74, 6) is -0.818. The highest BCUT2D eigenvalue weighted by Crippen LogP contribution is 2.37. The van der Waals surface area contributed by atoms with Gasteiger partial charge in [-0.3, -0.25) is 19.3 Å². The Balaban J connectivity index is 1.44. The fraction of sp³-hybridized carbons (Fsp3) is 0.368. The quantitative estimate of drug-likeness (QED) is 0.603. The van der Waals surface area contributed by atoms with E-state index in [4.69, 9.17) is 5.26 Å². The number of carbonyl (C=O) groups is 3. The van der Waals surface area contributed by atoms with E-state index in [0.717, 1.165) is 0 Å². The number of likely N-dealkylation sites (tertiary alicyclic amines) is 2. The van der Waals surface area contributed by atoms with Crippen LogP contribution in [0.2, 0.25) is 0 Å². The van der Waals surface area contributed by atoms with E-state index in [9.17, 15) is 14.4 Å². The molecule has 2 unspecified atom stereocenters. The van der Waals surface area contributed by atoms with E-state index >= 15 is 0 Å². The number of nitrogens with zero attached hydrogens (tertiary/aromatic N) is 3. The third kappa shape index (κ3) is 2.43. The maximum atomic E-state index is 12.5. The molecule has 2 aliphatic heterocycles. The fourth-order valence-corrected chi connectivity index (χ4v) is 3.87. The minimum Gasteiger partial charge on any atom is -0.334 e. The van der Waals surface area contributed by atoms with Gasteiger partial charge in [-0.1, -0.05) is 18.2 Å². The number of nitriles is 1. The Kier molecular flexibility index (Phi) is 3.65. The highest BCUT2D eigenvalue weighted by molar-refractivity contribution is 6.06. The second-order valence-corrected chi connectivity index (χ2v) is 6.76. The molecule has 0 spiro atoms. The zero-order chi connectivity index (χ0) is 17.6. The van der Waals surface area contributed by atoms with Gasteiger partial charge in [0.15, 0.2) is 0 Å². The van der Waals surface area contributed by atoms with Crippen LogP contribution >= 0.6 is 0 Å². The summed E-state index contributed by atoms with van der Waals surface area (Å²) in [5.41, 5.74) is 0.888. The maximum Gasteiger partial charge on any atom is 0.254 e. The molecule has 25 heavy (non-hydrogen) atoms. The molecule has 0 aromatic heterocycles. The summed E-state index contributed by atoms with van der Waals surface area (Å²) in [6.07, 6.45) is 5.19. The molecule has 6 heteroatoms. The van der Waals surface area contributed by atoms with Crippen LogP contribution in [0.5, 0.6) is 0 Å². The van der Waals surface area contributed by atoms with Crippen LogP contribution in [0.4, 0.5) is 0 Å². The molecule has 2 atom stereocenters. The summed E-state index contributed by atoms with van der Waals surface area (Å²) in [7, 11) is 0. The molecule has 1 aromatic carbocycles. The third-order valence-electron chi connectivity index (χ3n) is 5.29. The number of hydrogen-bond donors (Lipinski definition) is 0. The largest absolute Gasteiger partial charge is 0.334 e. The van der Waals surface area contributed by atoms with E-state index in [0.29, 0.717) is 37.1 Å². The van der Waals surface area contributed by atoms with E-state index < -0.39 is 0 Å². The molecule has 1 aliphatic carbocycles. The Morgan fingerprint density at radius 1 is 1.08 bits per heavy atom. The van der Waals surface area contributed by atoms with Gasteiger partial charge in [-0.2, -0.15) is 5.26 Å². The van der Waals surface area contributed by atoms with Crippen molar-refractivity contribution in [3.05, 3.63) is 47.5 Å². The van der Waals surface area contributed by atoms with E-state index in [1.807, 2.05) is 18.2 Å². The second-order valence-electron chi connectivity index (χ2n) is 6.76. The van der Waals surface area contributed by atoms with Crippen molar-refractivity contribution in [1.29, 1.82) is 5.26 Å². The van der Waals surface area contributed by atoms with Gasteiger partial charge in [0.25, 0.3) is 5.91 Å². The fourth-order valence-electron chi connectivity index (χ4n) is 3.87. The summed E-state index contributed by atoms with van der Waals surface area (Å²) in [5, 5.41) is 8.94. The molecule has 2 fully saturated rings. The predicted molar refractivity (Wildman–Crippen MR) is 88.1 cm³/mol. The third-order valence-corrected chi connectivity index (χ3v) is 5.29. The molecule has 126 valence electrons. The molecule has 3 amide bonds. The molecule has 4 rings (SSSR count). The number of rotatable bonds is 2. The molecule has 0 radical (unpaired) electrons. The molecular weight excluding hydrogens is 318 g/mol. The SMILES string of the molecule is N#Cc1cccc(C(=O)N2CC(N3C(=O)C4CC=CCC4C3=O)C2)c1. The van der Waals surface area contributed by atoms with Crippen molar-refractivity contribution in [2.75, 3.05) is 13.1 Å². The number of imide groups is 1. The Hall–Kier alpha value is -2.94. The van der Waals surface area contributed by atoms with Gasteiger partial charge in [-0.05, 0) is 31.0 Å². The van der Waals surface area contributed by atoms with Crippen molar-refractivity contribution in [2.24, 2.45) is 11.8 Å². The van der Waals surface area contributed by atoms with Crippen molar-refractivity contribution in [2.45, 2.75) is 18.9 Å². The summed E-state index contributed by atoms with van der Waals surface area (Å²) in [6, 6.07) is 8.34. The Morgan fingerprint density at radius 3 is 2.32 bits per heavy atom. The number of amides is 3. The number of fused-ring (bicyclic) bond motifs is 1. The molecule has 0 bridgehead atoms. The number of carbonyl (C=O) groups excluding carboxylic acids is 3. The first kappa shape index (κ1) is 15.6. The topological polar surface area (TPSA) is 81.5 Å². The zero-order valence-corrected chi connectivity index (χ0v) is 13.6. The summed E-state index contributed by atoms with van der Waals surface area (Å²) >= 11 is 0. The first-order valence-corrected chi connectivity index (χ1v) is 8.41. The lowest BCUT2D eigenvalue weighted by atomic mass is 9.85. The lowest BCUT2D eigenvalue weighted by Gasteiger charge is -2.43. The first-order valence-electron chi connectivity index (χ1n) is 8.41. The normalized spacial score (nSPS) is 25.6. The molecule has 6 nitrogen and oxygen atoms in total. The van der Waals surface area contributed by atoms with E-state index in [2.05, 4.69) is 0 Å². The Morgan fingerprint density at radius 2 is 1.72 bits per heavy atom. The van der Waals surface area contributed by atoms with Gasteiger partial charge >= 0.3 is 0 Å². The number of hydrogen-bond acceptors (Lipinski definition) is 4. The average molecular weight is 335 g/mol. The number of allylic oxidation sites excluding steroid dienone is 2. The summed E-state index contributed by atoms with van der Waals surface area (Å²) in [6.45, 7) is 0.722. The Bertz CT molecular complexity index is 807. The van der Waals surface area contributed by atoms with Crippen LogP contribution in [0.3, 0.4) is 0 Å². The van der Waals surface area contributed by atoms with Crippen LogP contribution in [0.15, 0.2) is 36.4 Å². The lowest BCUT2D eigenvalue weighted by molar-refractivity contribution is -0.145. The van der Waals surface area contributed by atoms with Crippen LogP contribution < -0.4 is 0 Å². The van der Waals surface area contributed by atoms with Crippen molar-refractivity contribution in [1.82, 2.24) is 9.80 Å². The monoisotopic (exact) mass is 335 g/mol. The summed E-state index contributed by atoms with van der Waals surface area (Å²) < 4.78 is 0. The lowest BCUT2D eigenvalue weighted by Crippen LogP contribution is -2.62. The smallest absolute Gasteiger partial charge is 0.254 e. The standard InChI is InChI=1S/C19H17N3O3/c20-9-12-4-3-5-13(8-12)17(23)21-10-14(11-21)22-18(24)15-6-1-2-7-16(15)19(22)25/h1-5,8,14-16H,6-7,10-11H2. The van der Waals surface area contributed by atoms with Gasteiger partial charge in [0, 0.05) is 18.7 Å². The molecule has 1 aromatic rings. The highest BCUT2D eigenvalue weighted by atomic mass is 16.2. The van der Waals surface area contributed by atoms with Gasteiger partial charge in [-0.15, -0.1) is 0 Å². The van der Waals surface area contributed by atoms with Crippen LogP contribution in [0, 0.1) is 23.2 Å². The minimum atomic E-state index is -0.228. The molecule has 0 N–H and O–H groups in total. The van der Waals surface area contributed by atoms with Gasteiger partial charge < -0.3 is 4.90 Å². The van der Waals surface area contributed by atoms with E-state index in [1.54, 1.807) is 29.2 Å². The van der Waals surface area contributed by atoms with Crippen molar-refractivity contribution in [3.63, 3.8) is 0 Å². The molecule has 0 saturated carbocycles. The van der Waals surface area contributed by atoms with Crippen LogP contribution in [-0.2, 0) is 9.59 Å². The van der Waals surface area contributed by atoms with E-state index in [1.165, 1.54) is 4.90 Å². The van der Waals surface area contributed by atoms with Crippen LogP contribution in [0.1, 0.15) is 28.8 Å². The minimum absolute atomic E-state index is 0.0945. The zero-order valence-electron chi connectivity index (χ0n) is 13.6. The van der Waals surface area contributed by atoms with Crippen LogP contribution in [-0.4, -0.2) is 46.7 Å². The van der Waals surface area contributed by atoms with Crippen LogP contribution in [0.25, 0.3) is 0 Å². The highest BCUT2D eigenvalue weighted by Gasteiger charge is 2.52. The van der Waals surface area contributed by atoms with Gasteiger partial charge in [0.1, 0.15) is 0 Å². The summed E-state index contributed by atoms with van der Waals surface area (Å²) in [4.78, 5) is 40.6. The van der Waals surface area contributed by atoms with Crippen molar-refractivity contribution < 1.29 is 14.4 Å². The van der Waals surface area contributed by atoms with Gasteiger partial charge in [-0.25, -0.2) is 0 Å².